The Morgan fingerprint density at radius 3 is 2.50 bits per heavy atom. The largest absolute Gasteiger partial charge is 0.492 e. The van der Waals surface area contributed by atoms with Crippen molar-refractivity contribution in [2.24, 2.45) is 0 Å². The van der Waals surface area contributed by atoms with Crippen LogP contribution in [0.2, 0.25) is 0 Å². The van der Waals surface area contributed by atoms with Gasteiger partial charge in [-0.25, -0.2) is 0 Å². The molecule has 1 fully saturated rings. The third-order valence-corrected chi connectivity index (χ3v) is 4.72. The standard InChI is InChI=1S/C20H22F3N3O2/c1-25(19(27)15-12-16(14-24-13-15)20(21,22)23)17-4-6-18(7-5-17)28-11-10-26-8-2-3-9-26/h4-7,12-14H,2-3,8-11H2,1H3. The lowest BCUT2D eigenvalue weighted by Crippen LogP contribution is -2.27. The summed E-state index contributed by atoms with van der Waals surface area (Å²) in [5.41, 5.74) is -0.522. The molecule has 1 saturated heterocycles. The maximum atomic E-state index is 12.8. The van der Waals surface area contributed by atoms with E-state index in [1.165, 1.54) is 24.8 Å². The highest BCUT2D eigenvalue weighted by Gasteiger charge is 2.32. The Bertz CT molecular complexity index is 803. The van der Waals surface area contributed by atoms with Crippen LogP contribution in [0.1, 0.15) is 28.8 Å². The summed E-state index contributed by atoms with van der Waals surface area (Å²) in [5.74, 6) is 0.117. The SMILES string of the molecule is CN(C(=O)c1cncc(C(F)(F)F)c1)c1ccc(OCCN2CCCC2)cc1. The number of alkyl halides is 3. The molecule has 0 radical (unpaired) electrons. The van der Waals surface area contributed by atoms with Crippen LogP contribution in [-0.4, -0.2) is 49.1 Å². The van der Waals surface area contributed by atoms with Crippen molar-refractivity contribution in [2.45, 2.75) is 19.0 Å². The van der Waals surface area contributed by atoms with Gasteiger partial charge >= 0.3 is 6.18 Å². The van der Waals surface area contributed by atoms with Crippen molar-refractivity contribution in [3.63, 3.8) is 0 Å². The van der Waals surface area contributed by atoms with Gasteiger partial charge in [0.15, 0.2) is 0 Å². The van der Waals surface area contributed by atoms with Gasteiger partial charge < -0.3 is 9.64 Å². The van der Waals surface area contributed by atoms with Crippen LogP contribution in [-0.2, 0) is 6.18 Å². The van der Waals surface area contributed by atoms with Crippen molar-refractivity contribution in [1.29, 1.82) is 0 Å². The van der Waals surface area contributed by atoms with E-state index in [1.54, 1.807) is 24.3 Å². The fraction of sp³-hybridized carbons (Fsp3) is 0.400. The monoisotopic (exact) mass is 393 g/mol. The molecule has 0 atom stereocenters. The van der Waals surface area contributed by atoms with Crippen LogP contribution in [0.5, 0.6) is 5.75 Å². The molecule has 150 valence electrons. The van der Waals surface area contributed by atoms with E-state index in [-0.39, 0.29) is 5.56 Å². The van der Waals surface area contributed by atoms with Crippen molar-refractivity contribution in [3.05, 3.63) is 53.9 Å². The first-order valence-corrected chi connectivity index (χ1v) is 9.10. The van der Waals surface area contributed by atoms with E-state index in [9.17, 15) is 18.0 Å². The summed E-state index contributed by atoms with van der Waals surface area (Å²) in [7, 11) is 1.51. The van der Waals surface area contributed by atoms with Crippen molar-refractivity contribution in [2.75, 3.05) is 38.2 Å². The van der Waals surface area contributed by atoms with E-state index in [2.05, 4.69) is 9.88 Å². The number of ether oxygens (including phenoxy) is 1. The van der Waals surface area contributed by atoms with Crippen molar-refractivity contribution >= 4 is 11.6 Å². The zero-order valence-electron chi connectivity index (χ0n) is 15.6. The number of anilines is 1. The fourth-order valence-electron chi connectivity index (χ4n) is 3.09. The predicted octanol–water partition coefficient (Wildman–Crippen LogP) is 3.85. The minimum absolute atomic E-state index is 0.122. The smallest absolute Gasteiger partial charge is 0.417 e. The minimum Gasteiger partial charge on any atom is -0.492 e. The Labute approximate surface area is 161 Å². The molecule has 2 aromatic rings. The number of nitrogens with zero attached hydrogens (tertiary/aromatic N) is 3. The number of halogens is 3. The first kappa shape index (κ1) is 20.1. The van der Waals surface area contributed by atoms with E-state index >= 15 is 0 Å². The molecule has 1 aromatic carbocycles. The van der Waals surface area contributed by atoms with Gasteiger partial charge in [-0.1, -0.05) is 0 Å². The maximum absolute atomic E-state index is 12.8. The Morgan fingerprint density at radius 1 is 1.18 bits per heavy atom. The lowest BCUT2D eigenvalue weighted by molar-refractivity contribution is -0.137. The number of pyridine rings is 1. The van der Waals surface area contributed by atoms with E-state index < -0.39 is 17.6 Å². The molecule has 0 bridgehead atoms. The van der Waals surface area contributed by atoms with Gasteiger partial charge in [0.1, 0.15) is 12.4 Å². The summed E-state index contributed by atoms with van der Waals surface area (Å²) in [5, 5.41) is 0. The van der Waals surface area contributed by atoms with E-state index in [4.69, 9.17) is 4.74 Å². The molecule has 1 amide bonds. The van der Waals surface area contributed by atoms with Crippen LogP contribution in [0.15, 0.2) is 42.7 Å². The van der Waals surface area contributed by atoms with Gasteiger partial charge in [0.25, 0.3) is 5.91 Å². The van der Waals surface area contributed by atoms with Gasteiger partial charge in [-0.15, -0.1) is 0 Å². The molecule has 8 heteroatoms. The lowest BCUT2D eigenvalue weighted by Gasteiger charge is -2.19. The summed E-state index contributed by atoms with van der Waals surface area (Å²) in [6, 6.07) is 7.69. The zero-order chi connectivity index (χ0) is 20.1. The van der Waals surface area contributed by atoms with Crippen molar-refractivity contribution in [3.8, 4) is 5.75 Å². The summed E-state index contributed by atoms with van der Waals surface area (Å²) < 4.78 is 44.2. The van der Waals surface area contributed by atoms with Crippen molar-refractivity contribution < 1.29 is 22.7 Å². The van der Waals surface area contributed by atoms with E-state index in [1.807, 2.05) is 0 Å². The van der Waals surface area contributed by atoms with E-state index in [0.29, 0.717) is 24.2 Å². The van der Waals surface area contributed by atoms with Crippen LogP contribution in [0.3, 0.4) is 0 Å². The second-order valence-electron chi connectivity index (χ2n) is 6.72. The average Bonchev–Trinajstić information content (AvgIpc) is 3.20. The summed E-state index contributed by atoms with van der Waals surface area (Å²) in [6.45, 7) is 3.69. The molecule has 5 nitrogen and oxygen atoms in total. The molecular formula is C20H22F3N3O2. The van der Waals surface area contributed by atoms with Gasteiger partial charge in [-0.2, -0.15) is 13.2 Å². The average molecular weight is 393 g/mol. The molecule has 2 heterocycles. The molecular weight excluding hydrogens is 371 g/mol. The Hall–Kier alpha value is -2.61. The molecule has 3 rings (SSSR count). The number of carbonyl (C=O) groups is 1. The first-order chi connectivity index (χ1) is 13.3. The fourth-order valence-corrected chi connectivity index (χ4v) is 3.09. The third-order valence-electron chi connectivity index (χ3n) is 4.72. The molecule has 0 unspecified atom stereocenters. The lowest BCUT2D eigenvalue weighted by atomic mass is 10.1. The van der Waals surface area contributed by atoms with Crippen LogP contribution >= 0.6 is 0 Å². The zero-order valence-corrected chi connectivity index (χ0v) is 15.6. The van der Waals surface area contributed by atoms with Crippen LogP contribution < -0.4 is 9.64 Å². The van der Waals surface area contributed by atoms with Gasteiger partial charge in [-0.3, -0.25) is 14.7 Å². The third kappa shape index (κ3) is 5.01. The molecule has 28 heavy (non-hydrogen) atoms. The number of aromatic nitrogens is 1. The van der Waals surface area contributed by atoms with Gasteiger partial charge in [0.2, 0.25) is 0 Å². The highest BCUT2D eigenvalue weighted by molar-refractivity contribution is 6.05. The van der Waals surface area contributed by atoms with Gasteiger partial charge in [0.05, 0.1) is 11.1 Å². The Balaban J connectivity index is 1.60. The highest BCUT2D eigenvalue weighted by atomic mass is 19.4. The molecule has 0 aliphatic carbocycles. The quantitative estimate of drug-likeness (QED) is 0.748. The number of hydrogen-bond donors (Lipinski definition) is 0. The Kier molecular flexibility index (Phi) is 6.18. The number of rotatable bonds is 6. The summed E-state index contributed by atoms with van der Waals surface area (Å²) in [6.07, 6.45) is -0.252. The number of likely N-dealkylation sites (tertiary alicyclic amines) is 1. The minimum atomic E-state index is -4.55. The Morgan fingerprint density at radius 2 is 1.86 bits per heavy atom. The highest BCUT2D eigenvalue weighted by Crippen LogP contribution is 2.29. The number of carbonyl (C=O) groups excluding carboxylic acids is 1. The topological polar surface area (TPSA) is 45.7 Å². The van der Waals surface area contributed by atoms with Gasteiger partial charge in [-0.05, 0) is 56.3 Å². The molecule has 0 N–H and O–H groups in total. The number of benzene rings is 1. The van der Waals surface area contributed by atoms with Crippen molar-refractivity contribution in [1.82, 2.24) is 9.88 Å². The molecule has 1 aliphatic heterocycles. The normalized spacial score (nSPS) is 14.9. The number of hydrogen-bond acceptors (Lipinski definition) is 4. The number of amides is 1. The molecule has 1 aromatic heterocycles. The second kappa shape index (κ2) is 8.60. The predicted molar refractivity (Wildman–Crippen MR) is 99.6 cm³/mol. The summed E-state index contributed by atoms with van der Waals surface area (Å²) in [4.78, 5) is 19.7. The van der Waals surface area contributed by atoms with E-state index in [0.717, 1.165) is 31.9 Å². The molecule has 1 aliphatic rings. The second-order valence-corrected chi connectivity index (χ2v) is 6.72. The van der Waals surface area contributed by atoms with Gasteiger partial charge in [0, 0.05) is 31.7 Å². The first-order valence-electron chi connectivity index (χ1n) is 9.10. The summed E-state index contributed by atoms with van der Waals surface area (Å²) >= 11 is 0. The maximum Gasteiger partial charge on any atom is 0.417 e. The van der Waals surface area contributed by atoms with Crippen LogP contribution in [0.4, 0.5) is 18.9 Å². The molecule has 0 saturated carbocycles. The van der Waals surface area contributed by atoms with Crippen LogP contribution in [0.25, 0.3) is 0 Å². The van der Waals surface area contributed by atoms with Crippen LogP contribution in [0, 0.1) is 0 Å². The molecule has 0 spiro atoms.